The summed E-state index contributed by atoms with van der Waals surface area (Å²) in [6.45, 7) is 4.95. The third kappa shape index (κ3) is 4.16. The molecule has 2 heteroatoms. The van der Waals surface area contributed by atoms with Crippen LogP contribution in [0.3, 0.4) is 0 Å². The van der Waals surface area contributed by atoms with Crippen molar-refractivity contribution in [2.75, 3.05) is 6.61 Å². The normalized spacial score (nSPS) is 10.7. The van der Waals surface area contributed by atoms with E-state index in [1.807, 2.05) is 78.9 Å². The van der Waals surface area contributed by atoms with Crippen molar-refractivity contribution in [3.8, 4) is 16.9 Å². The van der Waals surface area contributed by atoms with Gasteiger partial charge < -0.3 is 4.74 Å². The number of rotatable bonds is 6. The Kier molecular flexibility index (Phi) is 5.30. The highest BCUT2D eigenvalue weighted by Gasteiger charge is 2.14. The quantitative estimate of drug-likeness (QED) is 0.548. The average Bonchev–Trinajstić information content (AvgIpc) is 2.67. The van der Waals surface area contributed by atoms with Crippen LogP contribution < -0.4 is 4.74 Å². The number of benzene rings is 3. The molecule has 0 spiro atoms. The predicted octanol–water partition coefficient (Wildman–Crippen LogP) is 5.62. The van der Waals surface area contributed by atoms with E-state index in [-0.39, 0.29) is 5.78 Å². The predicted molar refractivity (Wildman–Crippen MR) is 102 cm³/mol. The van der Waals surface area contributed by atoms with E-state index in [1.165, 1.54) is 0 Å². The summed E-state index contributed by atoms with van der Waals surface area (Å²) in [5.74, 6) is 1.38. The van der Waals surface area contributed by atoms with Crippen LogP contribution in [0, 0.1) is 5.92 Å². The fourth-order valence-corrected chi connectivity index (χ4v) is 2.67. The molecule has 126 valence electrons. The minimum atomic E-state index is 0.0383. The molecule has 0 atom stereocenters. The highest BCUT2D eigenvalue weighted by Crippen LogP contribution is 2.27. The summed E-state index contributed by atoms with van der Waals surface area (Å²) in [7, 11) is 0. The van der Waals surface area contributed by atoms with Gasteiger partial charge in [0.2, 0.25) is 0 Å². The molecule has 3 aromatic rings. The highest BCUT2D eigenvalue weighted by atomic mass is 16.5. The molecule has 0 fully saturated rings. The number of hydrogen-bond acceptors (Lipinski definition) is 2. The first-order valence-electron chi connectivity index (χ1n) is 8.57. The second-order valence-corrected chi connectivity index (χ2v) is 6.47. The standard InChI is InChI=1S/C23H22O2/c1-17(2)16-25-20-14-12-18(13-15-20)21-10-6-7-11-22(21)23(24)19-8-4-3-5-9-19/h3-15,17H,16H2,1-2H3. The third-order valence-electron chi connectivity index (χ3n) is 3.96. The lowest BCUT2D eigenvalue weighted by molar-refractivity contribution is 0.103. The van der Waals surface area contributed by atoms with E-state index in [0.29, 0.717) is 23.7 Å². The average molecular weight is 330 g/mol. The van der Waals surface area contributed by atoms with Gasteiger partial charge in [-0.05, 0) is 29.2 Å². The van der Waals surface area contributed by atoms with Crippen LogP contribution >= 0.6 is 0 Å². The van der Waals surface area contributed by atoms with Gasteiger partial charge in [-0.2, -0.15) is 0 Å². The van der Waals surface area contributed by atoms with Crippen molar-refractivity contribution in [1.82, 2.24) is 0 Å². The van der Waals surface area contributed by atoms with E-state index in [1.54, 1.807) is 0 Å². The van der Waals surface area contributed by atoms with E-state index >= 15 is 0 Å². The maximum atomic E-state index is 12.9. The fraction of sp³-hybridized carbons (Fsp3) is 0.174. The summed E-state index contributed by atoms with van der Waals surface area (Å²) in [5, 5.41) is 0. The molecule has 0 aliphatic carbocycles. The molecule has 0 amide bonds. The van der Waals surface area contributed by atoms with Crippen molar-refractivity contribution in [3.05, 3.63) is 90.0 Å². The molecule has 0 aliphatic rings. The van der Waals surface area contributed by atoms with Crippen LogP contribution in [0.1, 0.15) is 29.8 Å². The van der Waals surface area contributed by atoms with Crippen molar-refractivity contribution >= 4 is 5.78 Å². The summed E-state index contributed by atoms with van der Waals surface area (Å²) >= 11 is 0. The first-order chi connectivity index (χ1) is 12.1. The SMILES string of the molecule is CC(C)COc1ccc(-c2ccccc2C(=O)c2ccccc2)cc1. The molecule has 3 aromatic carbocycles. The van der Waals surface area contributed by atoms with Gasteiger partial charge in [-0.15, -0.1) is 0 Å². The van der Waals surface area contributed by atoms with Crippen LogP contribution in [0.15, 0.2) is 78.9 Å². The maximum Gasteiger partial charge on any atom is 0.193 e. The minimum absolute atomic E-state index is 0.0383. The molecule has 0 radical (unpaired) electrons. The lowest BCUT2D eigenvalue weighted by Crippen LogP contribution is -2.04. The molecule has 0 N–H and O–H groups in total. The molecule has 3 rings (SSSR count). The summed E-state index contributed by atoms with van der Waals surface area (Å²) in [4.78, 5) is 12.9. The van der Waals surface area contributed by atoms with Crippen LogP contribution in [0.4, 0.5) is 0 Å². The van der Waals surface area contributed by atoms with E-state index in [9.17, 15) is 4.79 Å². The van der Waals surface area contributed by atoms with Crippen LogP contribution in [-0.2, 0) is 0 Å². The van der Waals surface area contributed by atoms with Crippen molar-refractivity contribution in [2.45, 2.75) is 13.8 Å². The lowest BCUT2D eigenvalue weighted by atomic mass is 9.94. The topological polar surface area (TPSA) is 26.3 Å². The van der Waals surface area contributed by atoms with Crippen LogP contribution in [0.5, 0.6) is 5.75 Å². The van der Waals surface area contributed by atoms with Gasteiger partial charge in [-0.25, -0.2) is 0 Å². The second-order valence-electron chi connectivity index (χ2n) is 6.47. The Morgan fingerprint density at radius 1 is 0.840 bits per heavy atom. The Labute approximate surface area is 149 Å². The molecule has 0 heterocycles. The highest BCUT2D eigenvalue weighted by molar-refractivity contribution is 6.12. The van der Waals surface area contributed by atoms with Crippen molar-refractivity contribution in [1.29, 1.82) is 0 Å². The maximum absolute atomic E-state index is 12.9. The van der Waals surface area contributed by atoms with Crippen molar-refractivity contribution in [2.24, 2.45) is 5.92 Å². The van der Waals surface area contributed by atoms with Gasteiger partial charge >= 0.3 is 0 Å². The van der Waals surface area contributed by atoms with Gasteiger partial charge in [-0.3, -0.25) is 4.79 Å². The molecule has 0 aliphatic heterocycles. The first kappa shape index (κ1) is 17.0. The molecule has 0 aromatic heterocycles. The fourth-order valence-electron chi connectivity index (χ4n) is 2.67. The number of ether oxygens (including phenoxy) is 1. The largest absolute Gasteiger partial charge is 0.493 e. The van der Waals surface area contributed by atoms with Crippen molar-refractivity contribution < 1.29 is 9.53 Å². The Hall–Kier alpha value is -2.87. The molecular formula is C23H22O2. The van der Waals surface area contributed by atoms with Crippen LogP contribution in [-0.4, -0.2) is 12.4 Å². The van der Waals surface area contributed by atoms with E-state index in [4.69, 9.17) is 4.74 Å². The summed E-state index contributed by atoms with van der Waals surface area (Å²) < 4.78 is 5.74. The van der Waals surface area contributed by atoms with E-state index < -0.39 is 0 Å². The molecule has 0 unspecified atom stereocenters. The monoisotopic (exact) mass is 330 g/mol. The Bertz CT molecular complexity index is 833. The van der Waals surface area contributed by atoms with E-state index in [2.05, 4.69) is 13.8 Å². The second kappa shape index (κ2) is 7.80. The minimum Gasteiger partial charge on any atom is -0.493 e. The van der Waals surface area contributed by atoms with Gasteiger partial charge in [-0.1, -0.05) is 80.6 Å². The third-order valence-corrected chi connectivity index (χ3v) is 3.96. The molecule has 25 heavy (non-hydrogen) atoms. The van der Waals surface area contributed by atoms with E-state index in [0.717, 1.165) is 16.9 Å². The molecular weight excluding hydrogens is 308 g/mol. The molecule has 0 saturated carbocycles. The van der Waals surface area contributed by atoms with Crippen LogP contribution in [0.2, 0.25) is 0 Å². The Balaban J connectivity index is 1.89. The molecule has 0 saturated heterocycles. The van der Waals surface area contributed by atoms with Gasteiger partial charge in [0.1, 0.15) is 5.75 Å². The summed E-state index contributed by atoms with van der Waals surface area (Å²) in [6.07, 6.45) is 0. The van der Waals surface area contributed by atoms with Crippen LogP contribution in [0.25, 0.3) is 11.1 Å². The zero-order chi connectivity index (χ0) is 17.6. The number of carbonyl (C=O) groups excluding carboxylic acids is 1. The van der Waals surface area contributed by atoms with Crippen molar-refractivity contribution in [3.63, 3.8) is 0 Å². The first-order valence-corrected chi connectivity index (χ1v) is 8.57. The molecule has 0 bridgehead atoms. The number of carbonyl (C=O) groups is 1. The zero-order valence-corrected chi connectivity index (χ0v) is 14.6. The summed E-state index contributed by atoms with van der Waals surface area (Å²) in [6, 6.07) is 25.0. The van der Waals surface area contributed by atoms with Gasteiger partial charge in [0.15, 0.2) is 5.78 Å². The van der Waals surface area contributed by atoms with Gasteiger partial charge in [0.25, 0.3) is 0 Å². The number of ketones is 1. The summed E-state index contributed by atoms with van der Waals surface area (Å²) in [5.41, 5.74) is 3.36. The Morgan fingerprint density at radius 2 is 1.48 bits per heavy atom. The van der Waals surface area contributed by atoms with Gasteiger partial charge in [0.05, 0.1) is 6.61 Å². The Morgan fingerprint density at radius 3 is 2.16 bits per heavy atom. The zero-order valence-electron chi connectivity index (χ0n) is 14.6. The number of hydrogen-bond donors (Lipinski definition) is 0. The van der Waals surface area contributed by atoms with Gasteiger partial charge in [0, 0.05) is 11.1 Å². The molecule has 2 nitrogen and oxygen atoms in total. The smallest absolute Gasteiger partial charge is 0.193 e. The lowest BCUT2D eigenvalue weighted by Gasteiger charge is -2.11.